The highest BCUT2D eigenvalue weighted by Gasteiger charge is 2.14. The zero-order valence-electron chi connectivity index (χ0n) is 13.8. The lowest BCUT2D eigenvalue weighted by Crippen LogP contribution is -2.36. The van der Waals surface area contributed by atoms with E-state index < -0.39 is 0 Å². The van der Waals surface area contributed by atoms with Crippen molar-refractivity contribution in [1.82, 2.24) is 4.90 Å². The molecule has 0 unspecified atom stereocenters. The van der Waals surface area contributed by atoms with Crippen LogP contribution < -0.4 is 10.1 Å². The van der Waals surface area contributed by atoms with Crippen LogP contribution in [-0.2, 0) is 11.3 Å². The normalized spacial score (nSPS) is 10.3. The molecular weight excluding hydrogens is 372 g/mol. The van der Waals surface area contributed by atoms with Gasteiger partial charge in [0, 0.05) is 30.4 Å². The second-order valence-corrected chi connectivity index (χ2v) is 6.12. The number of nitrogens with zero attached hydrogens (tertiary/aromatic N) is 1. The molecule has 0 atom stereocenters. The van der Waals surface area contributed by atoms with Crippen LogP contribution in [0.3, 0.4) is 0 Å². The molecule has 2 rings (SSSR count). The number of nitrogens with one attached hydrogen (secondary N) is 1. The number of methoxy groups -OCH3 is 2. The molecule has 0 fully saturated rings. The highest BCUT2D eigenvalue weighted by Crippen LogP contribution is 2.17. The molecule has 0 spiro atoms. The molecule has 0 saturated carbocycles. The Morgan fingerprint density at radius 2 is 1.92 bits per heavy atom. The molecule has 2 aromatic carbocycles. The Bertz CT molecular complexity index is 662. The molecule has 0 radical (unpaired) electrons. The zero-order valence-corrected chi connectivity index (χ0v) is 15.4. The summed E-state index contributed by atoms with van der Waals surface area (Å²) in [6.45, 7) is 1.44. The maximum absolute atomic E-state index is 12.6. The van der Waals surface area contributed by atoms with E-state index in [2.05, 4.69) is 21.2 Å². The van der Waals surface area contributed by atoms with E-state index in [1.807, 2.05) is 48.5 Å². The monoisotopic (exact) mass is 392 g/mol. The van der Waals surface area contributed by atoms with Crippen molar-refractivity contribution in [3.63, 3.8) is 0 Å². The molecule has 0 heterocycles. The molecule has 24 heavy (non-hydrogen) atoms. The first-order valence-electron chi connectivity index (χ1n) is 7.55. The third-order valence-electron chi connectivity index (χ3n) is 3.46. The fraction of sp³-hybridized carbons (Fsp3) is 0.278. The number of carbonyl (C=O) groups excluding carboxylic acids is 1. The summed E-state index contributed by atoms with van der Waals surface area (Å²) in [7, 11) is 3.25. The van der Waals surface area contributed by atoms with Crippen LogP contribution in [0.5, 0.6) is 5.75 Å². The number of hydrogen-bond acceptors (Lipinski definition) is 3. The van der Waals surface area contributed by atoms with Gasteiger partial charge in [-0.2, -0.15) is 0 Å². The van der Waals surface area contributed by atoms with Crippen LogP contribution in [-0.4, -0.2) is 38.3 Å². The maximum atomic E-state index is 12.6. The van der Waals surface area contributed by atoms with Gasteiger partial charge in [0.25, 0.3) is 0 Å². The Kier molecular flexibility index (Phi) is 7.08. The Balaban J connectivity index is 2.08. The first-order chi connectivity index (χ1) is 11.6. The van der Waals surface area contributed by atoms with Crippen LogP contribution in [0.1, 0.15) is 5.56 Å². The van der Waals surface area contributed by atoms with Gasteiger partial charge in [0.1, 0.15) is 5.75 Å². The summed E-state index contributed by atoms with van der Waals surface area (Å²) in [6, 6.07) is 15.0. The average Bonchev–Trinajstić information content (AvgIpc) is 2.60. The van der Waals surface area contributed by atoms with Crippen molar-refractivity contribution >= 4 is 27.6 Å². The Morgan fingerprint density at radius 3 is 2.58 bits per heavy atom. The van der Waals surface area contributed by atoms with Crippen molar-refractivity contribution in [2.24, 2.45) is 0 Å². The van der Waals surface area contributed by atoms with Gasteiger partial charge >= 0.3 is 6.03 Å². The van der Waals surface area contributed by atoms with Crippen LogP contribution in [0.15, 0.2) is 53.0 Å². The van der Waals surface area contributed by atoms with Gasteiger partial charge < -0.3 is 19.7 Å². The number of carbonyl (C=O) groups is 1. The highest BCUT2D eigenvalue weighted by molar-refractivity contribution is 9.10. The molecule has 2 amide bonds. The summed E-state index contributed by atoms with van der Waals surface area (Å²) in [5.74, 6) is 0.771. The Morgan fingerprint density at radius 1 is 1.17 bits per heavy atom. The summed E-state index contributed by atoms with van der Waals surface area (Å²) in [5.41, 5.74) is 1.74. The largest absolute Gasteiger partial charge is 0.497 e. The first kappa shape index (κ1) is 18.3. The van der Waals surface area contributed by atoms with Crippen molar-refractivity contribution in [2.75, 3.05) is 32.7 Å². The predicted molar refractivity (Wildman–Crippen MR) is 98.4 cm³/mol. The van der Waals surface area contributed by atoms with Gasteiger partial charge in [-0.25, -0.2) is 4.79 Å². The van der Waals surface area contributed by atoms with Gasteiger partial charge in [-0.05, 0) is 42.0 Å². The Labute approximate surface area is 150 Å². The van der Waals surface area contributed by atoms with Gasteiger partial charge in [0.05, 0.1) is 13.7 Å². The van der Waals surface area contributed by atoms with Crippen LogP contribution in [0.4, 0.5) is 10.5 Å². The minimum absolute atomic E-state index is 0.169. The number of anilines is 1. The van der Waals surface area contributed by atoms with Gasteiger partial charge in [0.15, 0.2) is 0 Å². The fourth-order valence-corrected chi connectivity index (χ4v) is 2.45. The molecule has 128 valence electrons. The molecule has 6 heteroatoms. The van der Waals surface area contributed by atoms with Gasteiger partial charge in [0.2, 0.25) is 0 Å². The first-order valence-corrected chi connectivity index (χ1v) is 8.35. The van der Waals surface area contributed by atoms with E-state index in [1.165, 1.54) is 0 Å². The summed E-state index contributed by atoms with van der Waals surface area (Å²) in [4.78, 5) is 14.3. The minimum Gasteiger partial charge on any atom is -0.497 e. The minimum atomic E-state index is -0.169. The number of hydrogen-bond donors (Lipinski definition) is 1. The maximum Gasteiger partial charge on any atom is 0.322 e. The van der Waals surface area contributed by atoms with Crippen LogP contribution in [0, 0.1) is 0 Å². The number of urea groups is 1. The molecule has 2 aromatic rings. The second-order valence-electron chi connectivity index (χ2n) is 5.20. The lowest BCUT2D eigenvalue weighted by atomic mass is 10.2. The topological polar surface area (TPSA) is 50.8 Å². The smallest absolute Gasteiger partial charge is 0.322 e. The van der Waals surface area contributed by atoms with Gasteiger partial charge in [-0.1, -0.05) is 28.1 Å². The van der Waals surface area contributed by atoms with Crippen LogP contribution in [0.25, 0.3) is 0 Å². The molecule has 0 aliphatic heterocycles. The zero-order chi connectivity index (χ0) is 17.4. The van der Waals surface area contributed by atoms with Crippen molar-refractivity contribution in [1.29, 1.82) is 0 Å². The van der Waals surface area contributed by atoms with E-state index >= 15 is 0 Å². The number of rotatable bonds is 7. The van der Waals surface area contributed by atoms with E-state index in [4.69, 9.17) is 9.47 Å². The number of halogens is 1. The molecule has 0 aliphatic carbocycles. The number of amides is 2. The summed E-state index contributed by atoms with van der Waals surface area (Å²) in [5, 5.41) is 2.91. The molecular formula is C18H21BrN2O3. The van der Waals surface area contributed by atoms with Gasteiger partial charge in [-0.3, -0.25) is 0 Å². The summed E-state index contributed by atoms with van der Waals surface area (Å²) in [6.07, 6.45) is 0. The molecule has 0 aromatic heterocycles. The lowest BCUT2D eigenvalue weighted by Gasteiger charge is -2.23. The van der Waals surface area contributed by atoms with Crippen molar-refractivity contribution in [3.05, 3.63) is 58.6 Å². The van der Waals surface area contributed by atoms with Crippen LogP contribution >= 0.6 is 15.9 Å². The van der Waals surface area contributed by atoms with Crippen molar-refractivity contribution in [3.8, 4) is 5.75 Å². The quantitative estimate of drug-likeness (QED) is 0.770. The molecule has 1 N–H and O–H groups in total. The second kappa shape index (κ2) is 9.30. The SMILES string of the molecule is COCCN(Cc1cccc(OC)c1)C(=O)Nc1ccc(Br)cc1. The van der Waals surface area contributed by atoms with Gasteiger partial charge in [-0.15, -0.1) is 0 Å². The van der Waals surface area contributed by atoms with Crippen molar-refractivity contribution < 1.29 is 14.3 Å². The van der Waals surface area contributed by atoms with E-state index in [9.17, 15) is 4.79 Å². The highest BCUT2D eigenvalue weighted by atomic mass is 79.9. The molecule has 0 saturated heterocycles. The number of benzene rings is 2. The van der Waals surface area contributed by atoms with E-state index in [-0.39, 0.29) is 6.03 Å². The summed E-state index contributed by atoms with van der Waals surface area (Å²) >= 11 is 3.38. The fourth-order valence-electron chi connectivity index (χ4n) is 2.18. The summed E-state index contributed by atoms with van der Waals surface area (Å²) < 4.78 is 11.3. The molecule has 5 nitrogen and oxygen atoms in total. The predicted octanol–water partition coefficient (Wildman–Crippen LogP) is 4.14. The molecule has 0 bridgehead atoms. The lowest BCUT2D eigenvalue weighted by molar-refractivity contribution is 0.153. The van der Waals surface area contributed by atoms with Crippen LogP contribution in [0.2, 0.25) is 0 Å². The van der Waals surface area contributed by atoms with E-state index in [1.54, 1.807) is 19.1 Å². The third kappa shape index (κ3) is 5.54. The van der Waals surface area contributed by atoms with E-state index in [0.29, 0.717) is 19.7 Å². The van der Waals surface area contributed by atoms with E-state index in [0.717, 1.165) is 21.5 Å². The Hall–Kier alpha value is -2.05. The van der Waals surface area contributed by atoms with Crippen molar-refractivity contribution in [2.45, 2.75) is 6.54 Å². The third-order valence-corrected chi connectivity index (χ3v) is 3.98. The number of ether oxygens (including phenoxy) is 2. The molecule has 0 aliphatic rings. The standard InChI is InChI=1S/C18H21BrN2O3/c1-23-11-10-21(13-14-4-3-5-17(12-14)24-2)18(22)20-16-8-6-15(19)7-9-16/h3-9,12H,10-11,13H2,1-2H3,(H,20,22). The average molecular weight is 393 g/mol.